The number of rotatable bonds is 7. The van der Waals surface area contributed by atoms with Crippen LogP contribution < -0.4 is 10.6 Å². The van der Waals surface area contributed by atoms with E-state index >= 15 is 0 Å². The van der Waals surface area contributed by atoms with E-state index in [9.17, 15) is 18.4 Å². The maximum absolute atomic E-state index is 13.4. The lowest BCUT2D eigenvalue weighted by atomic mass is 10.2. The zero-order valence-corrected chi connectivity index (χ0v) is 16.1. The number of anilines is 1. The first kappa shape index (κ1) is 19.4. The summed E-state index contributed by atoms with van der Waals surface area (Å²) in [6.07, 6.45) is 1.98. The minimum atomic E-state index is -2.75. The van der Waals surface area contributed by atoms with Gasteiger partial charge in [-0.05, 0) is 43.2 Å². The molecule has 2 amide bonds. The van der Waals surface area contributed by atoms with E-state index in [2.05, 4.69) is 15.6 Å². The largest absolute Gasteiger partial charge is 0.349 e. The summed E-state index contributed by atoms with van der Waals surface area (Å²) in [6.45, 7) is -2.75. The van der Waals surface area contributed by atoms with Gasteiger partial charge in [-0.2, -0.15) is 8.78 Å². The van der Waals surface area contributed by atoms with Gasteiger partial charge in [0.2, 0.25) is 5.91 Å². The lowest BCUT2D eigenvalue weighted by Gasteiger charge is -2.09. The summed E-state index contributed by atoms with van der Waals surface area (Å²) in [7, 11) is 0. The second kappa shape index (κ2) is 8.20. The quantitative estimate of drug-likeness (QED) is 0.570. The minimum Gasteiger partial charge on any atom is -0.349 e. The molecule has 1 heterocycles. The van der Waals surface area contributed by atoms with Gasteiger partial charge in [-0.25, -0.2) is 4.98 Å². The summed E-state index contributed by atoms with van der Waals surface area (Å²) in [6, 6.07) is 13.5. The van der Waals surface area contributed by atoms with Crippen LogP contribution >= 0.6 is 11.8 Å². The molecule has 2 N–H and O–H groups in total. The number of thioether (sulfide) groups is 1. The molecule has 29 heavy (non-hydrogen) atoms. The SMILES string of the molecule is O=C(CSc1nc2ccccc2n1C(F)F)Nc1cccc(C(=O)NC2CC2)c1. The molecule has 1 saturated carbocycles. The fraction of sp³-hybridized carbons (Fsp3) is 0.250. The Morgan fingerprint density at radius 3 is 2.72 bits per heavy atom. The molecule has 0 bridgehead atoms. The van der Waals surface area contributed by atoms with Crippen LogP contribution in [0.5, 0.6) is 0 Å². The third-order valence-electron chi connectivity index (χ3n) is 4.41. The van der Waals surface area contributed by atoms with Gasteiger partial charge in [0.25, 0.3) is 5.91 Å². The van der Waals surface area contributed by atoms with E-state index in [1.165, 1.54) is 0 Å². The summed E-state index contributed by atoms with van der Waals surface area (Å²) in [5, 5.41) is 5.66. The number of nitrogens with zero attached hydrogens (tertiary/aromatic N) is 2. The first-order valence-corrected chi connectivity index (χ1v) is 10.1. The standard InChI is InChI=1S/C20H18F2N4O2S/c21-19(22)26-16-7-2-1-6-15(16)25-20(26)29-11-17(27)23-14-5-3-4-12(10-14)18(28)24-13-8-9-13/h1-7,10,13,19H,8-9,11H2,(H,23,27)(H,24,28). The normalized spacial score (nSPS) is 13.6. The number of benzene rings is 2. The number of alkyl halides is 2. The number of carbonyl (C=O) groups is 2. The highest BCUT2D eigenvalue weighted by molar-refractivity contribution is 7.99. The fourth-order valence-electron chi connectivity index (χ4n) is 2.87. The Morgan fingerprint density at radius 2 is 1.97 bits per heavy atom. The molecule has 3 aromatic rings. The predicted molar refractivity (Wildman–Crippen MR) is 107 cm³/mol. The van der Waals surface area contributed by atoms with Crippen LogP contribution in [0.15, 0.2) is 53.7 Å². The van der Waals surface area contributed by atoms with Crippen LogP contribution in [0.25, 0.3) is 11.0 Å². The molecule has 0 spiro atoms. The monoisotopic (exact) mass is 416 g/mol. The number of nitrogens with one attached hydrogen (secondary N) is 2. The molecule has 0 aliphatic heterocycles. The molecule has 150 valence electrons. The van der Waals surface area contributed by atoms with Crippen LogP contribution in [0.2, 0.25) is 0 Å². The number of aromatic nitrogens is 2. The molecular formula is C20H18F2N4O2S. The van der Waals surface area contributed by atoms with Crippen molar-refractivity contribution in [2.24, 2.45) is 0 Å². The summed E-state index contributed by atoms with van der Waals surface area (Å²) >= 11 is 0.936. The molecule has 1 aromatic heterocycles. The van der Waals surface area contributed by atoms with Crippen LogP contribution in [0.4, 0.5) is 14.5 Å². The van der Waals surface area contributed by atoms with Crippen LogP contribution in [0.3, 0.4) is 0 Å². The van der Waals surface area contributed by atoms with Gasteiger partial charge in [-0.15, -0.1) is 0 Å². The van der Waals surface area contributed by atoms with E-state index in [0.29, 0.717) is 22.3 Å². The maximum Gasteiger partial charge on any atom is 0.321 e. The molecule has 4 rings (SSSR count). The lowest BCUT2D eigenvalue weighted by molar-refractivity contribution is -0.113. The van der Waals surface area contributed by atoms with Gasteiger partial charge in [-0.1, -0.05) is 30.0 Å². The topological polar surface area (TPSA) is 76.0 Å². The highest BCUT2D eigenvalue weighted by atomic mass is 32.2. The molecule has 6 nitrogen and oxygen atoms in total. The van der Waals surface area contributed by atoms with Crippen molar-refractivity contribution in [2.45, 2.75) is 30.6 Å². The maximum atomic E-state index is 13.4. The number of carbonyl (C=O) groups excluding carboxylic acids is 2. The van der Waals surface area contributed by atoms with Crippen molar-refractivity contribution >= 4 is 40.3 Å². The van der Waals surface area contributed by atoms with Crippen molar-refractivity contribution in [1.82, 2.24) is 14.9 Å². The van der Waals surface area contributed by atoms with Crippen molar-refractivity contribution in [2.75, 3.05) is 11.1 Å². The Morgan fingerprint density at radius 1 is 1.17 bits per heavy atom. The highest BCUT2D eigenvalue weighted by Gasteiger charge is 2.24. The Bertz CT molecular complexity index is 1070. The Balaban J connectivity index is 1.41. The Kier molecular flexibility index (Phi) is 5.48. The van der Waals surface area contributed by atoms with Crippen molar-refractivity contribution in [3.05, 3.63) is 54.1 Å². The first-order chi connectivity index (χ1) is 14.0. The lowest BCUT2D eigenvalue weighted by Crippen LogP contribution is -2.25. The Hall–Kier alpha value is -2.94. The van der Waals surface area contributed by atoms with Gasteiger partial charge in [0.15, 0.2) is 5.16 Å². The van der Waals surface area contributed by atoms with Gasteiger partial charge in [0, 0.05) is 17.3 Å². The second-order valence-corrected chi connectivity index (χ2v) is 7.64. The minimum absolute atomic E-state index is 0.0777. The molecular weight excluding hydrogens is 398 g/mol. The number of amides is 2. The van der Waals surface area contributed by atoms with E-state index in [0.717, 1.165) is 29.2 Å². The number of hydrogen-bond acceptors (Lipinski definition) is 4. The van der Waals surface area contributed by atoms with Crippen molar-refractivity contribution < 1.29 is 18.4 Å². The molecule has 9 heteroatoms. The van der Waals surface area contributed by atoms with E-state index in [1.54, 1.807) is 48.5 Å². The summed E-state index contributed by atoms with van der Waals surface area (Å²) < 4.78 is 27.7. The average molecular weight is 416 g/mol. The molecule has 1 aliphatic carbocycles. The summed E-state index contributed by atoms with van der Waals surface area (Å²) in [4.78, 5) is 28.6. The van der Waals surface area contributed by atoms with Crippen molar-refractivity contribution in [1.29, 1.82) is 0 Å². The predicted octanol–water partition coefficient (Wildman–Crippen LogP) is 4.05. The molecule has 0 atom stereocenters. The zero-order valence-electron chi connectivity index (χ0n) is 15.3. The molecule has 1 fully saturated rings. The third-order valence-corrected chi connectivity index (χ3v) is 5.36. The number of halogens is 2. The van der Waals surface area contributed by atoms with Gasteiger partial charge < -0.3 is 10.6 Å². The number of imidazole rings is 1. The zero-order chi connectivity index (χ0) is 20.4. The summed E-state index contributed by atoms with van der Waals surface area (Å²) in [5.41, 5.74) is 1.70. The van der Waals surface area contributed by atoms with E-state index in [-0.39, 0.29) is 28.8 Å². The van der Waals surface area contributed by atoms with Crippen molar-refractivity contribution in [3.63, 3.8) is 0 Å². The molecule has 2 aromatic carbocycles. The summed E-state index contributed by atoms with van der Waals surface area (Å²) in [5.74, 6) is -0.639. The molecule has 0 saturated heterocycles. The smallest absolute Gasteiger partial charge is 0.321 e. The van der Waals surface area contributed by atoms with Gasteiger partial charge in [-0.3, -0.25) is 14.2 Å². The molecule has 1 aliphatic rings. The fourth-order valence-corrected chi connectivity index (χ4v) is 3.69. The van der Waals surface area contributed by atoms with Crippen LogP contribution in [-0.4, -0.2) is 33.2 Å². The second-order valence-electron chi connectivity index (χ2n) is 6.70. The van der Waals surface area contributed by atoms with Crippen LogP contribution in [0.1, 0.15) is 29.7 Å². The number of hydrogen-bond donors (Lipinski definition) is 2. The van der Waals surface area contributed by atoms with Crippen LogP contribution in [0, 0.1) is 0 Å². The average Bonchev–Trinajstić information content (AvgIpc) is 3.43. The van der Waals surface area contributed by atoms with E-state index in [1.807, 2.05) is 0 Å². The molecule has 0 radical (unpaired) electrons. The third kappa shape index (κ3) is 4.56. The Labute approximate surface area is 169 Å². The first-order valence-electron chi connectivity index (χ1n) is 9.10. The molecule has 0 unspecified atom stereocenters. The van der Waals surface area contributed by atoms with E-state index in [4.69, 9.17) is 0 Å². The number of fused-ring (bicyclic) bond motifs is 1. The highest BCUT2D eigenvalue weighted by Crippen LogP contribution is 2.29. The van der Waals surface area contributed by atoms with E-state index < -0.39 is 6.55 Å². The van der Waals surface area contributed by atoms with Gasteiger partial charge in [0.05, 0.1) is 16.8 Å². The number of para-hydroxylation sites is 2. The van der Waals surface area contributed by atoms with Crippen LogP contribution in [-0.2, 0) is 4.79 Å². The van der Waals surface area contributed by atoms with Gasteiger partial charge in [0.1, 0.15) is 0 Å². The van der Waals surface area contributed by atoms with Crippen molar-refractivity contribution in [3.8, 4) is 0 Å². The van der Waals surface area contributed by atoms with Gasteiger partial charge >= 0.3 is 6.55 Å².